The van der Waals surface area contributed by atoms with Crippen LogP contribution in [0.5, 0.6) is 0 Å². The SMILES string of the molecule is COC1(C(=O)c2cc(Cl)ccc2Cl)CCCC1. The van der Waals surface area contributed by atoms with Gasteiger partial charge in [0.25, 0.3) is 0 Å². The number of hydrogen-bond donors (Lipinski definition) is 0. The standard InChI is InChI=1S/C13H14Cl2O2/c1-17-13(6-2-3-7-13)12(16)10-8-9(14)4-5-11(10)15/h4-5,8H,2-3,6-7H2,1H3. The zero-order valence-corrected chi connectivity index (χ0v) is 11.1. The third-order valence-electron chi connectivity index (χ3n) is 3.39. The third kappa shape index (κ3) is 2.35. The molecule has 1 fully saturated rings. The van der Waals surface area contributed by atoms with Crippen LogP contribution in [0.15, 0.2) is 18.2 Å². The van der Waals surface area contributed by atoms with Crippen LogP contribution in [0, 0.1) is 0 Å². The Kier molecular flexibility index (Phi) is 3.76. The zero-order valence-electron chi connectivity index (χ0n) is 9.63. The molecular formula is C13H14Cl2O2. The highest BCUT2D eigenvalue weighted by molar-refractivity contribution is 6.36. The minimum atomic E-state index is -0.700. The minimum absolute atomic E-state index is 0.0509. The summed E-state index contributed by atoms with van der Waals surface area (Å²) < 4.78 is 5.46. The van der Waals surface area contributed by atoms with E-state index in [1.807, 2.05) is 0 Å². The Morgan fingerprint density at radius 2 is 1.94 bits per heavy atom. The van der Waals surface area contributed by atoms with E-state index < -0.39 is 5.60 Å². The van der Waals surface area contributed by atoms with Crippen molar-refractivity contribution in [3.63, 3.8) is 0 Å². The quantitative estimate of drug-likeness (QED) is 0.774. The molecule has 0 amide bonds. The van der Waals surface area contributed by atoms with E-state index in [2.05, 4.69) is 0 Å². The van der Waals surface area contributed by atoms with Gasteiger partial charge in [-0.3, -0.25) is 4.79 Å². The molecule has 92 valence electrons. The van der Waals surface area contributed by atoms with Crippen molar-refractivity contribution in [2.45, 2.75) is 31.3 Å². The molecule has 1 aromatic carbocycles. The van der Waals surface area contributed by atoms with E-state index in [1.54, 1.807) is 25.3 Å². The number of benzene rings is 1. The van der Waals surface area contributed by atoms with E-state index in [1.165, 1.54) is 0 Å². The largest absolute Gasteiger partial charge is 0.370 e. The molecule has 2 nitrogen and oxygen atoms in total. The second-order valence-corrected chi connectivity index (χ2v) is 5.20. The summed E-state index contributed by atoms with van der Waals surface area (Å²) in [5.74, 6) is -0.0509. The van der Waals surface area contributed by atoms with E-state index in [4.69, 9.17) is 27.9 Å². The van der Waals surface area contributed by atoms with Crippen LogP contribution in [0.2, 0.25) is 10.0 Å². The van der Waals surface area contributed by atoms with Crippen molar-refractivity contribution in [2.75, 3.05) is 7.11 Å². The van der Waals surface area contributed by atoms with Crippen LogP contribution < -0.4 is 0 Å². The molecule has 0 aliphatic heterocycles. The molecule has 0 radical (unpaired) electrons. The van der Waals surface area contributed by atoms with Crippen molar-refractivity contribution in [3.8, 4) is 0 Å². The first-order valence-electron chi connectivity index (χ1n) is 5.64. The van der Waals surface area contributed by atoms with Gasteiger partial charge >= 0.3 is 0 Å². The van der Waals surface area contributed by atoms with Crippen molar-refractivity contribution in [1.29, 1.82) is 0 Å². The van der Waals surface area contributed by atoms with Crippen molar-refractivity contribution >= 4 is 29.0 Å². The van der Waals surface area contributed by atoms with Gasteiger partial charge in [-0.05, 0) is 43.9 Å². The first-order chi connectivity index (χ1) is 8.09. The van der Waals surface area contributed by atoms with Gasteiger partial charge in [0.1, 0.15) is 5.60 Å². The van der Waals surface area contributed by atoms with Crippen molar-refractivity contribution in [3.05, 3.63) is 33.8 Å². The number of halogens is 2. The lowest BCUT2D eigenvalue weighted by molar-refractivity contribution is 0.00603. The van der Waals surface area contributed by atoms with Gasteiger partial charge in [-0.2, -0.15) is 0 Å². The van der Waals surface area contributed by atoms with Crippen LogP contribution in [0.1, 0.15) is 36.0 Å². The van der Waals surface area contributed by atoms with Crippen LogP contribution in [-0.4, -0.2) is 18.5 Å². The van der Waals surface area contributed by atoms with Gasteiger partial charge in [-0.15, -0.1) is 0 Å². The topological polar surface area (TPSA) is 26.3 Å². The first-order valence-corrected chi connectivity index (χ1v) is 6.40. The molecule has 0 bridgehead atoms. The van der Waals surface area contributed by atoms with Gasteiger partial charge in [0.15, 0.2) is 5.78 Å². The van der Waals surface area contributed by atoms with Crippen LogP contribution in [0.4, 0.5) is 0 Å². The predicted octanol–water partition coefficient (Wildman–Crippen LogP) is 4.14. The van der Waals surface area contributed by atoms with Gasteiger partial charge in [0, 0.05) is 17.7 Å². The second kappa shape index (κ2) is 4.97. The first kappa shape index (κ1) is 12.9. The summed E-state index contributed by atoms with van der Waals surface area (Å²) in [4.78, 5) is 12.5. The zero-order chi connectivity index (χ0) is 12.5. The van der Waals surface area contributed by atoms with E-state index in [0.29, 0.717) is 15.6 Å². The summed E-state index contributed by atoms with van der Waals surface area (Å²) in [5.41, 5.74) is -0.239. The van der Waals surface area contributed by atoms with E-state index in [-0.39, 0.29) is 5.78 Å². The fraction of sp³-hybridized carbons (Fsp3) is 0.462. The Labute approximate surface area is 111 Å². The van der Waals surface area contributed by atoms with Gasteiger partial charge < -0.3 is 4.74 Å². The monoisotopic (exact) mass is 272 g/mol. The number of hydrogen-bond acceptors (Lipinski definition) is 2. The maximum atomic E-state index is 12.5. The van der Waals surface area contributed by atoms with Gasteiger partial charge in [-0.25, -0.2) is 0 Å². The molecular weight excluding hydrogens is 259 g/mol. The molecule has 1 saturated carbocycles. The normalized spacial score (nSPS) is 18.3. The number of methoxy groups -OCH3 is 1. The Morgan fingerprint density at radius 1 is 1.29 bits per heavy atom. The van der Waals surface area contributed by atoms with Crippen LogP contribution in [0.3, 0.4) is 0 Å². The molecule has 0 spiro atoms. The molecule has 17 heavy (non-hydrogen) atoms. The lowest BCUT2D eigenvalue weighted by Crippen LogP contribution is -2.37. The molecule has 4 heteroatoms. The summed E-state index contributed by atoms with van der Waals surface area (Å²) in [6.07, 6.45) is 3.53. The summed E-state index contributed by atoms with van der Waals surface area (Å²) in [5, 5.41) is 0.949. The fourth-order valence-corrected chi connectivity index (χ4v) is 2.76. The van der Waals surface area contributed by atoms with Crippen LogP contribution in [0.25, 0.3) is 0 Å². The number of carbonyl (C=O) groups excluding carboxylic acids is 1. The van der Waals surface area contributed by atoms with Crippen molar-refractivity contribution in [2.24, 2.45) is 0 Å². The van der Waals surface area contributed by atoms with Crippen molar-refractivity contribution in [1.82, 2.24) is 0 Å². The van der Waals surface area contributed by atoms with E-state index in [0.717, 1.165) is 25.7 Å². The maximum absolute atomic E-state index is 12.5. The number of ketones is 1. The van der Waals surface area contributed by atoms with E-state index in [9.17, 15) is 4.79 Å². The van der Waals surface area contributed by atoms with Crippen LogP contribution in [-0.2, 0) is 4.74 Å². The maximum Gasteiger partial charge on any atom is 0.196 e. The molecule has 0 heterocycles. The van der Waals surface area contributed by atoms with Gasteiger partial charge in [0.05, 0.1) is 5.02 Å². The number of Topliss-reactive ketones (excluding diaryl/α,β-unsaturated/α-hetero) is 1. The molecule has 2 rings (SSSR count). The lowest BCUT2D eigenvalue weighted by Gasteiger charge is -2.26. The molecule has 1 aliphatic rings. The van der Waals surface area contributed by atoms with Gasteiger partial charge in [0.2, 0.25) is 0 Å². The van der Waals surface area contributed by atoms with Gasteiger partial charge in [-0.1, -0.05) is 23.2 Å². The summed E-state index contributed by atoms with van der Waals surface area (Å²) in [6.45, 7) is 0. The molecule has 0 N–H and O–H groups in total. The molecule has 0 atom stereocenters. The Morgan fingerprint density at radius 3 is 2.53 bits per heavy atom. The molecule has 1 aromatic rings. The van der Waals surface area contributed by atoms with E-state index >= 15 is 0 Å². The Balaban J connectivity index is 2.39. The lowest BCUT2D eigenvalue weighted by atomic mass is 9.91. The third-order valence-corrected chi connectivity index (χ3v) is 3.95. The molecule has 0 aromatic heterocycles. The molecule has 0 unspecified atom stereocenters. The fourth-order valence-electron chi connectivity index (χ4n) is 2.39. The second-order valence-electron chi connectivity index (χ2n) is 4.36. The number of rotatable bonds is 3. The smallest absolute Gasteiger partial charge is 0.196 e. The minimum Gasteiger partial charge on any atom is -0.370 e. The Hall–Kier alpha value is -0.570. The number of ether oxygens (including phenoxy) is 1. The summed E-state index contributed by atoms with van der Waals surface area (Å²) in [7, 11) is 1.58. The molecule has 1 aliphatic carbocycles. The Bertz CT molecular complexity index is 437. The summed E-state index contributed by atoms with van der Waals surface area (Å²) >= 11 is 12.0. The van der Waals surface area contributed by atoms with Crippen molar-refractivity contribution < 1.29 is 9.53 Å². The highest BCUT2D eigenvalue weighted by Crippen LogP contribution is 2.37. The highest BCUT2D eigenvalue weighted by Gasteiger charge is 2.42. The number of carbonyl (C=O) groups is 1. The highest BCUT2D eigenvalue weighted by atomic mass is 35.5. The molecule has 0 saturated heterocycles. The average molecular weight is 273 g/mol. The van der Waals surface area contributed by atoms with Crippen LogP contribution >= 0.6 is 23.2 Å². The summed E-state index contributed by atoms with van der Waals surface area (Å²) in [6, 6.07) is 4.94. The predicted molar refractivity (Wildman–Crippen MR) is 69.0 cm³/mol. The average Bonchev–Trinajstić information content (AvgIpc) is 2.81.